The third kappa shape index (κ3) is 2.43. The second kappa shape index (κ2) is 5.33. The van der Waals surface area contributed by atoms with Crippen LogP contribution in [-0.4, -0.2) is 16.6 Å². The van der Waals surface area contributed by atoms with Crippen LogP contribution in [0.2, 0.25) is 0 Å². The Kier molecular flexibility index (Phi) is 3.40. The van der Waals surface area contributed by atoms with Gasteiger partial charge in [0, 0.05) is 17.5 Å². The van der Waals surface area contributed by atoms with Gasteiger partial charge in [0.25, 0.3) is 0 Å². The molecule has 1 atom stereocenters. The summed E-state index contributed by atoms with van der Waals surface area (Å²) >= 11 is 0. The summed E-state index contributed by atoms with van der Waals surface area (Å²) in [5.41, 5.74) is 5.00. The Morgan fingerprint density at radius 1 is 0.870 bits per heavy atom. The molecule has 2 aliphatic rings. The molecule has 0 spiro atoms. The van der Waals surface area contributed by atoms with Crippen LogP contribution in [0.3, 0.4) is 0 Å². The SMILES string of the molecule is CC1(C)CCC(C2C(c3ccccc3)=C2c2ccccc2)N1[O]. The highest BCUT2D eigenvalue weighted by Gasteiger charge is 2.52. The molecular formula is C21H22NO. The Bertz CT molecular complexity index is 683. The molecule has 1 unspecified atom stereocenters. The maximum Gasteiger partial charge on any atom is 0.0500 e. The van der Waals surface area contributed by atoms with E-state index in [0.29, 0.717) is 0 Å². The highest BCUT2D eigenvalue weighted by molar-refractivity contribution is 6.11. The molecule has 1 aliphatic carbocycles. The Morgan fingerprint density at radius 3 is 1.74 bits per heavy atom. The van der Waals surface area contributed by atoms with Crippen molar-refractivity contribution in [3.8, 4) is 0 Å². The third-order valence-corrected chi connectivity index (χ3v) is 5.33. The Hall–Kier alpha value is -1.90. The first-order chi connectivity index (χ1) is 11.1. The van der Waals surface area contributed by atoms with Gasteiger partial charge in [-0.2, -0.15) is 0 Å². The van der Waals surface area contributed by atoms with Crippen LogP contribution in [0.5, 0.6) is 0 Å². The summed E-state index contributed by atoms with van der Waals surface area (Å²) in [5, 5.41) is 14.1. The zero-order valence-electron chi connectivity index (χ0n) is 13.7. The van der Waals surface area contributed by atoms with Crippen LogP contribution >= 0.6 is 0 Å². The standard InChI is InChI=1S/C21H22NO/c1-21(2)14-13-17(22(21)23)20-18(15-9-5-3-6-10-15)19(20)16-11-7-4-8-12-16/h3-12,17,20H,13-14H2,1-2H3. The summed E-state index contributed by atoms with van der Waals surface area (Å²) in [4.78, 5) is 0. The minimum Gasteiger partial charge on any atom is -0.145 e. The molecule has 0 amide bonds. The third-order valence-electron chi connectivity index (χ3n) is 5.33. The quantitative estimate of drug-likeness (QED) is 0.797. The average Bonchev–Trinajstić information content (AvgIpc) is 3.25. The van der Waals surface area contributed by atoms with Crippen LogP contribution in [0.25, 0.3) is 11.1 Å². The van der Waals surface area contributed by atoms with Crippen LogP contribution < -0.4 is 0 Å². The molecule has 2 nitrogen and oxygen atoms in total. The highest BCUT2D eigenvalue weighted by atomic mass is 16.5. The lowest BCUT2D eigenvalue weighted by molar-refractivity contribution is -0.221. The fourth-order valence-corrected chi connectivity index (χ4v) is 4.01. The average molecular weight is 304 g/mol. The molecule has 1 radical (unpaired) electrons. The Balaban J connectivity index is 1.72. The van der Waals surface area contributed by atoms with Gasteiger partial charge < -0.3 is 0 Å². The highest BCUT2D eigenvalue weighted by Crippen LogP contribution is 2.58. The number of hydrogen-bond donors (Lipinski definition) is 0. The van der Waals surface area contributed by atoms with Gasteiger partial charge in [0.1, 0.15) is 0 Å². The smallest absolute Gasteiger partial charge is 0.0500 e. The van der Waals surface area contributed by atoms with Gasteiger partial charge in [-0.05, 0) is 49.0 Å². The molecule has 1 heterocycles. The minimum absolute atomic E-state index is 0.0791. The van der Waals surface area contributed by atoms with Crippen LogP contribution in [0.1, 0.15) is 37.8 Å². The summed E-state index contributed by atoms with van der Waals surface area (Å²) in [6, 6.07) is 21.1. The molecule has 0 saturated carbocycles. The van der Waals surface area contributed by atoms with E-state index < -0.39 is 0 Å². The molecule has 2 heteroatoms. The van der Waals surface area contributed by atoms with Gasteiger partial charge in [-0.3, -0.25) is 0 Å². The second-order valence-corrected chi connectivity index (χ2v) is 7.28. The van der Waals surface area contributed by atoms with Crippen LogP contribution in [0.4, 0.5) is 0 Å². The van der Waals surface area contributed by atoms with Gasteiger partial charge in [-0.1, -0.05) is 60.7 Å². The summed E-state index contributed by atoms with van der Waals surface area (Å²) in [6.45, 7) is 4.12. The number of hydrogen-bond acceptors (Lipinski definition) is 1. The van der Waals surface area contributed by atoms with E-state index in [9.17, 15) is 5.21 Å². The molecule has 1 saturated heterocycles. The van der Waals surface area contributed by atoms with Gasteiger partial charge in [0.15, 0.2) is 0 Å². The fourth-order valence-electron chi connectivity index (χ4n) is 4.01. The van der Waals surface area contributed by atoms with E-state index in [0.717, 1.165) is 12.8 Å². The van der Waals surface area contributed by atoms with E-state index in [4.69, 9.17) is 0 Å². The first kappa shape index (κ1) is 14.7. The van der Waals surface area contributed by atoms with Crippen molar-refractivity contribution in [2.75, 3.05) is 0 Å². The van der Waals surface area contributed by atoms with Crippen molar-refractivity contribution in [1.29, 1.82) is 0 Å². The minimum atomic E-state index is -0.239. The van der Waals surface area contributed by atoms with Crippen molar-refractivity contribution in [3.05, 3.63) is 71.8 Å². The van der Waals surface area contributed by atoms with E-state index in [1.54, 1.807) is 0 Å². The van der Waals surface area contributed by atoms with Gasteiger partial charge in [0.2, 0.25) is 0 Å². The molecular weight excluding hydrogens is 282 g/mol. The fraction of sp³-hybridized carbons (Fsp3) is 0.333. The number of rotatable bonds is 3. The lowest BCUT2D eigenvalue weighted by Gasteiger charge is -2.27. The van der Waals surface area contributed by atoms with Crippen LogP contribution in [-0.2, 0) is 5.21 Å². The number of benzene rings is 2. The molecule has 1 fully saturated rings. The predicted octanol–water partition coefficient (Wildman–Crippen LogP) is 4.82. The van der Waals surface area contributed by atoms with Crippen molar-refractivity contribution < 1.29 is 5.21 Å². The van der Waals surface area contributed by atoms with E-state index >= 15 is 0 Å². The Labute approximate surface area is 138 Å². The summed E-state index contributed by atoms with van der Waals surface area (Å²) in [7, 11) is 0. The van der Waals surface area contributed by atoms with Crippen molar-refractivity contribution in [1.82, 2.24) is 5.06 Å². The van der Waals surface area contributed by atoms with Crippen molar-refractivity contribution in [2.24, 2.45) is 5.92 Å². The summed E-state index contributed by atoms with van der Waals surface area (Å²) < 4.78 is 0. The molecule has 4 rings (SSSR count). The molecule has 23 heavy (non-hydrogen) atoms. The molecule has 0 aromatic heterocycles. The first-order valence-corrected chi connectivity index (χ1v) is 8.41. The lowest BCUT2D eigenvalue weighted by Crippen LogP contribution is -2.40. The lowest BCUT2D eigenvalue weighted by atomic mass is 9.99. The monoisotopic (exact) mass is 304 g/mol. The zero-order chi connectivity index (χ0) is 16.0. The van der Waals surface area contributed by atoms with E-state index in [1.165, 1.54) is 27.3 Å². The summed E-state index contributed by atoms with van der Waals surface area (Å²) in [6.07, 6.45) is 1.95. The normalized spacial score (nSPS) is 24.2. The molecule has 1 aliphatic heterocycles. The number of nitrogens with zero attached hydrogens (tertiary/aromatic N) is 1. The van der Waals surface area contributed by atoms with Crippen LogP contribution in [0.15, 0.2) is 60.7 Å². The topological polar surface area (TPSA) is 23.1 Å². The van der Waals surface area contributed by atoms with Crippen molar-refractivity contribution in [3.63, 3.8) is 0 Å². The van der Waals surface area contributed by atoms with E-state index in [1.807, 2.05) is 12.1 Å². The van der Waals surface area contributed by atoms with Crippen molar-refractivity contribution >= 4 is 11.1 Å². The van der Waals surface area contributed by atoms with Gasteiger partial charge in [0.05, 0.1) is 0 Å². The predicted molar refractivity (Wildman–Crippen MR) is 92.8 cm³/mol. The van der Waals surface area contributed by atoms with Gasteiger partial charge in [-0.15, -0.1) is 10.3 Å². The summed E-state index contributed by atoms with van der Waals surface area (Å²) in [5.74, 6) is 0.277. The molecule has 117 valence electrons. The zero-order valence-corrected chi connectivity index (χ0v) is 13.7. The molecule has 2 aromatic rings. The molecule has 0 bridgehead atoms. The van der Waals surface area contributed by atoms with Crippen LogP contribution in [0, 0.1) is 5.92 Å². The molecule has 2 aromatic carbocycles. The Morgan fingerprint density at radius 2 is 1.35 bits per heavy atom. The van der Waals surface area contributed by atoms with Gasteiger partial charge >= 0.3 is 0 Å². The number of hydroxylamine groups is 2. The largest absolute Gasteiger partial charge is 0.145 e. The molecule has 0 N–H and O–H groups in total. The second-order valence-electron chi connectivity index (χ2n) is 7.28. The van der Waals surface area contributed by atoms with Gasteiger partial charge in [-0.25, -0.2) is 0 Å². The first-order valence-electron chi connectivity index (χ1n) is 8.41. The van der Waals surface area contributed by atoms with E-state index in [2.05, 4.69) is 62.4 Å². The maximum absolute atomic E-state index is 12.8. The maximum atomic E-state index is 12.8. The van der Waals surface area contributed by atoms with Crippen molar-refractivity contribution in [2.45, 2.75) is 38.3 Å². The van der Waals surface area contributed by atoms with E-state index in [-0.39, 0.29) is 17.5 Å².